The van der Waals surface area contributed by atoms with Crippen molar-refractivity contribution in [2.75, 3.05) is 14.1 Å². The molecule has 5 heteroatoms. The molecule has 1 aromatic rings. The Hall–Kier alpha value is -1.69. The molecule has 0 spiro atoms. The van der Waals surface area contributed by atoms with Crippen molar-refractivity contribution in [3.8, 4) is 0 Å². The van der Waals surface area contributed by atoms with Gasteiger partial charge in [0.05, 0.1) is 18.3 Å². The van der Waals surface area contributed by atoms with Crippen molar-refractivity contribution in [1.82, 2.24) is 4.90 Å². The zero-order valence-electron chi connectivity index (χ0n) is 18.5. The quantitative estimate of drug-likeness (QED) is 0.360. The number of benzene rings is 1. The molecular weight excluding hydrogens is 378 g/mol. The normalized spacial score (nSPS) is 25.0. The summed E-state index contributed by atoms with van der Waals surface area (Å²) < 4.78 is 0. The van der Waals surface area contributed by atoms with Gasteiger partial charge in [-0.15, -0.1) is 0 Å². The second kappa shape index (κ2) is 12.9. The second-order valence-electron chi connectivity index (χ2n) is 8.84. The molecule has 0 aromatic heterocycles. The summed E-state index contributed by atoms with van der Waals surface area (Å²) in [6.45, 7) is 0. The van der Waals surface area contributed by atoms with E-state index in [1.54, 1.807) is 19.0 Å². The third kappa shape index (κ3) is 8.21. The molecule has 0 unspecified atom stereocenters. The van der Waals surface area contributed by atoms with Crippen molar-refractivity contribution in [1.29, 1.82) is 0 Å². The summed E-state index contributed by atoms with van der Waals surface area (Å²) in [5.74, 6) is 0.191. The molecule has 0 radical (unpaired) electrons. The lowest BCUT2D eigenvalue weighted by atomic mass is 9.85. The maximum atomic E-state index is 11.6. The third-order valence-electron chi connectivity index (χ3n) is 6.30. The number of hydrogen-bond donors (Lipinski definition) is 3. The van der Waals surface area contributed by atoms with E-state index < -0.39 is 12.2 Å². The molecule has 5 nitrogen and oxygen atoms in total. The highest BCUT2D eigenvalue weighted by atomic mass is 16.3. The summed E-state index contributed by atoms with van der Waals surface area (Å²) in [6, 6.07) is 10.2. The van der Waals surface area contributed by atoms with E-state index in [-0.39, 0.29) is 23.8 Å². The molecule has 0 saturated heterocycles. The van der Waals surface area contributed by atoms with Crippen LogP contribution in [0.4, 0.5) is 0 Å². The molecule has 0 bridgehead atoms. The monoisotopic (exact) mass is 417 g/mol. The predicted octanol–water partition coefficient (Wildman–Crippen LogP) is 3.32. The van der Waals surface area contributed by atoms with E-state index >= 15 is 0 Å². The first-order valence-corrected chi connectivity index (χ1v) is 11.3. The van der Waals surface area contributed by atoms with Gasteiger partial charge < -0.3 is 20.2 Å². The highest BCUT2D eigenvalue weighted by Crippen LogP contribution is 2.38. The number of aryl methyl sites for hydroxylation is 1. The summed E-state index contributed by atoms with van der Waals surface area (Å²) in [6.07, 6.45) is 9.05. The van der Waals surface area contributed by atoms with Crippen LogP contribution in [0.15, 0.2) is 42.5 Å². The fourth-order valence-corrected chi connectivity index (χ4v) is 4.38. The van der Waals surface area contributed by atoms with E-state index in [0.717, 1.165) is 32.1 Å². The van der Waals surface area contributed by atoms with Crippen LogP contribution in [0.5, 0.6) is 0 Å². The van der Waals surface area contributed by atoms with Crippen molar-refractivity contribution < 1.29 is 20.1 Å². The molecule has 3 N–H and O–H groups in total. The molecule has 1 aliphatic rings. The lowest BCUT2D eigenvalue weighted by Gasteiger charge is -2.23. The molecule has 30 heavy (non-hydrogen) atoms. The molecule has 2 rings (SSSR count). The number of amides is 1. The molecule has 0 aliphatic heterocycles. The van der Waals surface area contributed by atoms with Gasteiger partial charge in [-0.2, -0.15) is 0 Å². The highest BCUT2D eigenvalue weighted by Gasteiger charge is 2.40. The largest absolute Gasteiger partial charge is 0.393 e. The topological polar surface area (TPSA) is 81.0 Å². The Balaban J connectivity index is 1.72. The zero-order chi connectivity index (χ0) is 21.9. The molecule has 5 atom stereocenters. The highest BCUT2D eigenvalue weighted by molar-refractivity contribution is 5.75. The van der Waals surface area contributed by atoms with Gasteiger partial charge in [-0.3, -0.25) is 4.79 Å². The van der Waals surface area contributed by atoms with Gasteiger partial charge >= 0.3 is 0 Å². The minimum atomic E-state index is -0.502. The summed E-state index contributed by atoms with van der Waals surface area (Å²) >= 11 is 0. The fourth-order valence-electron chi connectivity index (χ4n) is 4.38. The van der Waals surface area contributed by atoms with Gasteiger partial charge in [0.2, 0.25) is 5.91 Å². The number of carbonyl (C=O) groups is 1. The number of nitrogens with zero attached hydrogens (tertiary/aromatic N) is 1. The summed E-state index contributed by atoms with van der Waals surface area (Å²) in [5, 5.41) is 31.2. The van der Waals surface area contributed by atoms with Crippen LogP contribution in [0.3, 0.4) is 0 Å². The Morgan fingerprint density at radius 2 is 1.80 bits per heavy atom. The van der Waals surface area contributed by atoms with E-state index in [4.69, 9.17) is 0 Å². The number of allylic oxidation sites excluding steroid dienone is 2. The second-order valence-corrected chi connectivity index (χ2v) is 8.84. The first-order chi connectivity index (χ1) is 14.4. The van der Waals surface area contributed by atoms with Crippen LogP contribution in [-0.2, 0) is 11.2 Å². The van der Waals surface area contributed by atoms with Gasteiger partial charge in [-0.05, 0) is 68.8 Å². The average Bonchev–Trinajstić information content (AvgIpc) is 3.00. The van der Waals surface area contributed by atoms with Crippen LogP contribution in [0, 0.1) is 11.8 Å². The van der Waals surface area contributed by atoms with E-state index in [1.807, 2.05) is 18.2 Å². The Morgan fingerprint density at radius 1 is 1.10 bits per heavy atom. The van der Waals surface area contributed by atoms with Gasteiger partial charge in [0.25, 0.3) is 0 Å². The molecule has 1 aliphatic carbocycles. The van der Waals surface area contributed by atoms with Crippen molar-refractivity contribution in [3.05, 3.63) is 48.0 Å². The first kappa shape index (κ1) is 24.6. The fraction of sp³-hybridized carbons (Fsp3) is 0.640. The van der Waals surface area contributed by atoms with Crippen molar-refractivity contribution in [3.63, 3.8) is 0 Å². The van der Waals surface area contributed by atoms with Crippen LogP contribution in [0.1, 0.15) is 56.9 Å². The van der Waals surface area contributed by atoms with Crippen molar-refractivity contribution in [2.24, 2.45) is 11.8 Å². The Kier molecular flexibility index (Phi) is 10.6. The van der Waals surface area contributed by atoms with Crippen molar-refractivity contribution >= 4 is 5.91 Å². The maximum Gasteiger partial charge on any atom is 0.222 e. The number of unbranched alkanes of at least 4 members (excludes halogenated alkanes) is 1. The van der Waals surface area contributed by atoms with Crippen LogP contribution in [0.25, 0.3) is 0 Å². The summed E-state index contributed by atoms with van der Waals surface area (Å²) in [7, 11) is 3.54. The molecule has 1 amide bonds. The number of rotatable bonds is 12. The van der Waals surface area contributed by atoms with Crippen LogP contribution < -0.4 is 0 Å². The lowest BCUT2D eigenvalue weighted by Crippen LogP contribution is -2.23. The number of aliphatic hydroxyl groups is 3. The van der Waals surface area contributed by atoms with Gasteiger partial charge in [0.1, 0.15) is 0 Å². The first-order valence-electron chi connectivity index (χ1n) is 11.3. The smallest absolute Gasteiger partial charge is 0.222 e. The molecule has 1 saturated carbocycles. The maximum absolute atomic E-state index is 11.6. The summed E-state index contributed by atoms with van der Waals surface area (Å²) in [4.78, 5) is 13.2. The lowest BCUT2D eigenvalue weighted by molar-refractivity contribution is -0.128. The SMILES string of the molecule is CN(C)C(=O)CCC/C=C\C[C@@H]1[C@@H](CC[C@@H](O)CCc2ccccc2)[C@H](O)C[C@@H]1O. The van der Waals surface area contributed by atoms with Gasteiger partial charge in [0.15, 0.2) is 0 Å². The Labute approximate surface area is 181 Å². The van der Waals surface area contributed by atoms with Gasteiger partial charge in [-0.1, -0.05) is 42.5 Å². The Bertz CT molecular complexity index is 646. The van der Waals surface area contributed by atoms with Gasteiger partial charge in [0, 0.05) is 20.5 Å². The molecule has 1 aromatic carbocycles. The third-order valence-corrected chi connectivity index (χ3v) is 6.30. The molecule has 0 heterocycles. The average molecular weight is 418 g/mol. The molecular formula is C25H39NO4. The Morgan fingerprint density at radius 3 is 2.50 bits per heavy atom. The standard InChI is InChI=1S/C25H39NO4/c1-26(2)25(30)13-9-4-3-8-12-21-22(24(29)18-23(21)28)17-16-20(27)15-14-19-10-6-5-7-11-19/h3,5-8,10-11,20-24,27-29H,4,9,12-18H2,1-2H3/b8-3-/t20-,21+,22+,23-,24+/m0/s1. The minimum Gasteiger partial charge on any atom is -0.393 e. The van der Waals surface area contributed by atoms with E-state index in [2.05, 4.69) is 24.3 Å². The van der Waals surface area contributed by atoms with Crippen LogP contribution in [-0.4, -0.2) is 58.5 Å². The van der Waals surface area contributed by atoms with Gasteiger partial charge in [-0.25, -0.2) is 0 Å². The molecule has 1 fully saturated rings. The minimum absolute atomic E-state index is 0.0198. The van der Waals surface area contributed by atoms with E-state index in [1.165, 1.54) is 5.56 Å². The molecule has 168 valence electrons. The number of carbonyl (C=O) groups excluding carboxylic acids is 1. The number of hydrogen-bond acceptors (Lipinski definition) is 4. The van der Waals surface area contributed by atoms with E-state index in [0.29, 0.717) is 25.7 Å². The summed E-state index contributed by atoms with van der Waals surface area (Å²) in [5.41, 5.74) is 1.23. The van der Waals surface area contributed by atoms with Crippen LogP contribution in [0.2, 0.25) is 0 Å². The zero-order valence-corrected chi connectivity index (χ0v) is 18.5. The van der Waals surface area contributed by atoms with Crippen molar-refractivity contribution in [2.45, 2.75) is 76.1 Å². The van der Waals surface area contributed by atoms with Crippen LogP contribution >= 0.6 is 0 Å². The van der Waals surface area contributed by atoms with E-state index in [9.17, 15) is 20.1 Å². The predicted molar refractivity (Wildman–Crippen MR) is 120 cm³/mol. The number of aliphatic hydroxyl groups excluding tert-OH is 3.